The molecule has 3 N–H and O–H groups in total. The lowest BCUT2D eigenvalue weighted by Crippen LogP contribution is -2.33. The predicted octanol–water partition coefficient (Wildman–Crippen LogP) is -1.07. The van der Waals surface area contributed by atoms with Crippen LogP contribution in [0.25, 0.3) is 0 Å². The number of ether oxygens (including phenoxy) is 1. The van der Waals surface area contributed by atoms with Gasteiger partial charge in [0.15, 0.2) is 0 Å². The lowest BCUT2D eigenvalue weighted by molar-refractivity contribution is 0.137. The van der Waals surface area contributed by atoms with Gasteiger partial charge in [-0.05, 0) is 6.42 Å². The summed E-state index contributed by atoms with van der Waals surface area (Å²) in [4.78, 5) is 6.02. The zero-order valence-electron chi connectivity index (χ0n) is 11.1. The smallest absolute Gasteiger partial charge is 0.296 e. The molecule has 1 rings (SSSR count). The molecule has 0 saturated carbocycles. The van der Waals surface area contributed by atoms with Crippen molar-refractivity contribution >= 4 is 0 Å². The number of nitrogens with zero attached hydrogens (tertiary/aromatic N) is 3. The molecule has 0 saturated heterocycles. The molecule has 0 atom stereocenters. The molecule has 0 fully saturated rings. The molecular formula is C12H23N3O4. The van der Waals surface area contributed by atoms with Crippen LogP contribution in [0.3, 0.4) is 0 Å². The summed E-state index contributed by atoms with van der Waals surface area (Å²) < 4.78 is 7.41. The SMILES string of the molecule is OCCCn1ccnc1OCCN(CCO)CCO. The Hall–Kier alpha value is -1.15. The summed E-state index contributed by atoms with van der Waals surface area (Å²) in [6.45, 7) is 3.02. The van der Waals surface area contributed by atoms with Gasteiger partial charge < -0.3 is 24.6 Å². The highest BCUT2D eigenvalue weighted by Gasteiger charge is 2.06. The van der Waals surface area contributed by atoms with E-state index in [0.717, 1.165) is 0 Å². The molecule has 0 aliphatic rings. The zero-order valence-corrected chi connectivity index (χ0v) is 11.1. The van der Waals surface area contributed by atoms with Crippen LogP contribution in [0.5, 0.6) is 6.01 Å². The van der Waals surface area contributed by atoms with Crippen LogP contribution in [0.1, 0.15) is 6.42 Å². The molecule has 0 aliphatic carbocycles. The minimum Gasteiger partial charge on any atom is -0.463 e. The minimum atomic E-state index is 0.0606. The van der Waals surface area contributed by atoms with Gasteiger partial charge in [0.05, 0.1) is 13.2 Å². The number of aryl methyl sites for hydroxylation is 1. The topological polar surface area (TPSA) is 91.0 Å². The van der Waals surface area contributed by atoms with E-state index in [9.17, 15) is 0 Å². The Morgan fingerprint density at radius 3 is 2.47 bits per heavy atom. The van der Waals surface area contributed by atoms with E-state index >= 15 is 0 Å². The Balaban J connectivity index is 2.32. The third kappa shape index (κ3) is 6.02. The molecule has 0 radical (unpaired) electrons. The molecule has 1 aromatic rings. The summed E-state index contributed by atoms with van der Waals surface area (Å²) in [6.07, 6.45) is 4.13. The van der Waals surface area contributed by atoms with Crippen molar-refractivity contribution in [1.29, 1.82) is 0 Å². The maximum absolute atomic E-state index is 8.88. The van der Waals surface area contributed by atoms with Gasteiger partial charge in [-0.15, -0.1) is 0 Å². The Morgan fingerprint density at radius 2 is 1.84 bits per heavy atom. The van der Waals surface area contributed by atoms with E-state index < -0.39 is 0 Å². The van der Waals surface area contributed by atoms with Crippen molar-refractivity contribution in [3.8, 4) is 6.01 Å². The monoisotopic (exact) mass is 273 g/mol. The highest BCUT2D eigenvalue weighted by atomic mass is 16.5. The molecule has 1 aromatic heterocycles. The average molecular weight is 273 g/mol. The molecule has 1 heterocycles. The Labute approximate surface area is 113 Å². The van der Waals surface area contributed by atoms with Gasteiger partial charge in [0.25, 0.3) is 6.01 Å². The molecule has 0 unspecified atom stereocenters. The van der Waals surface area contributed by atoms with Crippen LogP contribution in [-0.2, 0) is 6.54 Å². The molecule has 7 heteroatoms. The number of rotatable bonds is 11. The van der Waals surface area contributed by atoms with Gasteiger partial charge >= 0.3 is 0 Å². The number of imidazole rings is 1. The second-order valence-electron chi connectivity index (χ2n) is 4.12. The van der Waals surface area contributed by atoms with E-state index in [1.807, 2.05) is 15.7 Å². The lowest BCUT2D eigenvalue weighted by atomic mass is 10.4. The van der Waals surface area contributed by atoms with Crippen LogP contribution in [0.2, 0.25) is 0 Å². The molecule has 0 aliphatic heterocycles. The first-order valence-electron chi connectivity index (χ1n) is 6.50. The molecule has 7 nitrogen and oxygen atoms in total. The molecule has 0 aromatic carbocycles. The number of hydrogen-bond donors (Lipinski definition) is 3. The second kappa shape index (κ2) is 9.74. The number of aliphatic hydroxyl groups excluding tert-OH is 3. The van der Waals surface area contributed by atoms with E-state index in [1.54, 1.807) is 6.20 Å². The summed E-state index contributed by atoms with van der Waals surface area (Å²) in [5.41, 5.74) is 0. The van der Waals surface area contributed by atoms with Crippen molar-refractivity contribution in [2.24, 2.45) is 0 Å². The Morgan fingerprint density at radius 1 is 1.11 bits per heavy atom. The van der Waals surface area contributed by atoms with E-state index in [2.05, 4.69) is 4.98 Å². The fourth-order valence-electron chi connectivity index (χ4n) is 1.73. The van der Waals surface area contributed by atoms with Crippen LogP contribution >= 0.6 is 0 Å². The molecule has 19 heavy (non-hydrogen) atoms. The second-order valence-corrected chi connectivity index (χ2v) is 4.12. The van der Waals surface area contributed by atoms with Gasteiger partial charge in [-0.2, -0.15) is 0 Å². The van der Waals surface area contributed by atoms with Crippen LogP contribution in [0, 0.1) is 0 Å². The average Bonchev–Trinajstić information content (AvgIpc) is 2.84. The van der Waals surface area contributed by atoms with Crippen molar-refractivity contribution in [2.75, 3.05) is 46.1 Å². The zero-order chi connectivity index (χ0) is 13.9. The minimum absolute atomic E-state index is 0.0606. The van der Waals surface area contributed by atoms with Gasteiger partial charge in [-0.1, -0.05) is 0 Å². The van der Waals surface area contributed by atoms with Crippen molar-refractivity contribution in [3.05, 3.63) is 12.4 Å². The van der Waals surface area contributed by atoms with Gasteiger partial charge in [-0.3, -0.25) is 4.90 Å². The summed E-state index contributed by atoms with van der Waals surface area (Å²) >= 11 is 0. The third-order valence-corrected chi connectivity index (χ3v) is 2.71. The molecule has 0 spiro atoms. The Kier molecular flexibility index (Phi) is 8.15. The normalized spacial score (nSPS) is 11.2. The highest BCUT2D eigenvalue weighted by molar-refractivity contribution is 4.98. The fourth-order valence-corrected chi connectivity index (χ4v) is 1.73. The first-order chi connectivity index (χ1) is 9.31. The number of aromatic nitrogens is 2. The van der Waals surface area contributed by atoms with Gasteiger partial charge in [0, 0.05) is 45.2 Å². The van der Waals surface area contributed by atoms with E-state index in [0.29, 0.717) is 45.2 Å². The maximum Gasteiger partial charge on any atom is 0.296 e. The summed E-state index contributed by atoms with van der Waals surface area (Å²) in [6, 6.07) is 0.529. The first-order valence-corrected chi connectivity index (χ1v) is 6.50. The predicted molar refractivity (Wildman–Crippen MR) is 70.0 cm³/mol. The van der Waals surface area contributed by atoms with Gasteiger partial charge in [0.2, 0.25) is 0 Å². The quantitative estimate of drug-likeness (QED) is 0.476. The molecule has 0 amide bonds. The lowest BCUT2D eigenvalue weighted by Gasteiger charge is -2.19. The van der Waals surface area contributed by atoms with Crippen LogP contribution < -0.4 is 4.74 Å². The summed E-state index contributed by atoms with van der Waals surface area (Å²) in [7, 11) is 0. The summed E-state index contributed by atoms with van der Waals surface area (Å²) in [5, 5.41) is 26.6. The standard InChI is InChI=1S/C12H23N3O4/c16-8-1-3-15-4-2-13-12(15)19-11-7-14(5-9-17)6-10-18/h2,4,16-18H,1,3,5-11H2. The van der Waals surface area contributed by atoms with Crippen molar-refractivity contribution < 1.29 is 20.1 Å². The first kappa shape index (κ1) is 15.9. The van der Waals surface area contributed by atoms with Crippen LogP contribution in [0.15, 0.2) is 12.4 Å². The fraction of sp³-hybridized carbons (Fsp3) is 0.750. The number of hydrogen-bond acceptors (Lipinski definition) is 6. The maximum atomic E-state index is 8.88. The third-order valence-electron chi connectivity index (χ3n) is 2.71. The van der Waals surface area contributed by atoms with Crippen molar-refractivity contribution in [2.45, 2.75) is 13.0 Å². The molecule has 0 bridgehead atoms. The summed E-state index contributed by atoms with van der Waals surface area (Å²) in [5.74, 6) is 0. The van der Waals surface area contributed by atoms with E-state index in [1.165, 1.54) is 0 Å². The van der Waals surface area contributed by atoms with Gasteiger partial charge in [0.1, 0.15) is 6.61 Å². The van der Waals surface area contributed by atoms with Crippen LogP contribution in [-0.4, -0.2) is 75.8 Å². The Bertz CT molecular complexity index is 327. The highest BCUT2D eigenvalue weighted by Crippen LogP contribution is 2.08. The number of aliphatic hydroxyl groups is 3. The molecule has 110 valence electrons. The van der Waals surface area contributed by atoms with Crippen molar-refractivity contribution in [3.63, 3.8) is 0 Å². The molecular weight excluding hydrogens is 250 g/mol. The van der Waals surface area contributed by atoms with Crippen LogP contribution in [0.4, 0.5) is 0 Å². The van der Waals surface area contributed by atoms with E-state index in [4.69, 9.17) is 20.1 Å². The van der Waals surface area contributed by atoms with Gasteiger partial charge in [-0.25, -0.2) is 4.98 Å². The van der Waals surface area contributed by atoms with E-state index in [-0.39, 0.29) is 19.8 Å². The van der Waals surface area contributed by atoms with Crippen molar-refractivity contribution in [1.82, 2.24) is 14.5 Å². The largest absolute Gasteiger partial charge is 0.463 e.